The molecule has 0 fully saturated rings. The summed E-state index contributed by atoms with van der Waals surface area (Å²) in [7, 11) is 0. The maximum atomic E-state index is 13.7. The molecule has 1 N–H and O–H groups in total. The Balaban J connectivity index is 1.75. The molecule has 0 saturated carbocycles. The summed E-state index contributed by atoms with van der Waals surface area (Å²) in [6, 6.07) is 6.37. The van der Waals surface area contributed by atoms with Crippen LogP contribution in [0, 0.1) is 5.82 Å². The van der Waals surface area contributed by atoms with Gasteiger partial charge in [0.15, 0.2) is 0 Å². The second-order valence-electron chi connectivity index (χ2n) is 4.94. The van der Waals surface area contributed by atoms with Crippen LogP contribution < -0.4 is 0 Å². The molecule has 0 aliphatic rings. The van der Waals surface area contributed by atoms with Crippen molar-refractivity contribution in [2.24, 2.45) is 0 Å². The topological polar surface area (TPSA) is 88.9 Å². The number of carbonyl (C=O) groups is 2. The standard InChI is InChI=1S/C16H12FN3O3/c17-13-4-2-1-3-10(13)5-11-7-23-8-12(11)6-14(21)15(22)16-18-9-19-20-16/h1-4,7-9H,5-6H2,(H,18,19,20). The number of rotatable bonds is 6. The summed E-state index contributed by atoms with van der Waals surface area (Å²) in [5, 5.41) is 5.97. The van der Waals surface area contributed by atoms with Crippen molar-refractivity contribution in [2.75, 3.05) is 0 Å². The SMILES string of the molecule is O=C(Cc1cocc1Cc1ccccc1F)C(=O)c1nc[nH]n1. The van der Waals surface area contributed by atoms with E-state index in [1.54, 1.807) is 18.2 Å². The van der Waals surface area contributed by atoms with E-state index < -0.39 is 11.6 Å². The molecule has 0 unspecified atom stereocenters. The van der Waals surface area contributed by atoms with Gasteiger partial charge in [-0.05, 0) is 17.2 Å². The van der Waals surface area contributed by atoms with Crippen LogP contribution in [0.1, 0.15) is 27.3 Å². The number of Topliss-reactive ketones (excluding diaryl/α,β-unsaturated/α-hetero) is 2. The number of halogens is 1. The van der Waals surface area contributed by atoms with Gasteiger partial charge in [-0.2, -0.15) is 0 Å². The van der Waals surface area contributed by atoms with Crippen LogP contribution >= 0.6 is 0 Å². The molecular formula is C16H12FN3O3. The van der Waals surface area contributed by atoms with Crippen molar-refractivity contribution in [1.29, 1.82) is 0 Å². The van der Waals surface area contributed by atoms with Crippen LogP contribution in [0.2, 0.25) is 0 Å². The van der Waals surface area contributed by atoms with E-state index in [9.17, 15) is 14.0 Å². The fourth-order valence-corrected chi connectivity index (χ4v) is 2.20. The maximum absolute atomic E-state index is 13.7. The number of aromatic nitrogens is 3. The summed E-state index contributed by atoms with van der Waals surface area (Å²) in [6.45, 7) is 0. The fraction of sp³-hybridized carbons (Fsp3) is 0.125. The summed E-state index contributed by atoms with van der Waals surface area (Å²) in [5.74, 6) is -1.93. The first kappa shape index (κ1) is 14.8. The molecule has 0 aliphatic carbocycles. The second-order valence-corrected chi connectivity index (χ2v) is 4.94. The van der Waals surface area contributed by atoms with Gasteiger partial charge in [-0.3, -0.25) is 14.7 Å². The largest absolute Gasteiger partial charge is 0.472 e. The van der Waals surface area contributed by atoms with E-state index in [2.05, 4.69) is 15.2 Å². The van der Waals surface area contributed by atoms with Gasteiger partial charge in [-0.25, -0.2) is 9.37 Å². The molecule has 0 saturated heterocycles. The van der Waals surface area contributed by atoms with E-state index in [-0.39, 0.29) is 24.5 Å². The zero-order valence-electron chi connectivity index (χ0n) is 12.0. The smallest absolute Gasteiger partial charge is 0.267 e. The molecule has 2 aromatic heterocycles. The minimum absolute atomic E-state index is 0.145. The minimum Gasteiger partial charge on any atom is -0.472 e. The lowest BCUT2D eigenvalue weighted by Gasteiger charge is -2.03. The number of carbonyl (C=O) groups excluding carboxylic acids is 2. The van der Waals surface area contributed by atoms with Gasteiger partial charge in [0.2, 0.25) is 11.6 Å². The minimum atomic E-state index is -0.774. The summed E-state index contributed by atoms with van der Waals surface area (Å²) in [6.07, 6.45) is 4.20. The highest BCUT2D eigenvalue weighted by Crippen LogP contribution is 2.19. The molecule has 0 amide bonds. The lowest BCUT2D eigenvalue weighted by molar-refractivity contribution is -0.114. The second kappa shape index (κ2) is 6.35. The van der Waals surface area contributed by atoms with Crippen LogP contribution in [-0.4, -0.2) is 26.7 Å². The molecule has 0 bridgehead atoms. The number of benzene rings is 1. The Labute approximate surface area is 130 Å². The number of nitrogens with zero attached hydrogens (tertiary/aromatic N) is 2. The summed E-state index contributed by atoms with van der Waals surface area (Å²) in [5.41, 5.74) is 1.69. The normalized spacial score (nSPS) is 10.7. The van der Waals surface area contributed by atoms with Crippen molar-refractivity contribution in [2.45, 2.75) is 12.8 Å². The number of ketones is 2. The molecule has 0 radical (unpaired) electrons. The van der Waals surface area contributed by atoms with Gasteiger partial charge >= 0.3 is 0 Å². The van der Waals surface area contributed by atoms with Crippen LogP contribution in [0.4, 0.5) is 4.39 Å². The molecule has 7 heteroatoms. The number of H-pyrrole nitrogens is 1. The molecule has 0 atom stereocenters. The lowest BCUT2D eigenvalue weighted by atomic mass is 9.99. The van der Waals surface area contributed by atoms with E-state index in [4.69, 9.17) is 4.42 Å². The zero-order chi connectivity index (χ0) is 16.2. The molecule has 0 spiro atoms. The first-order valence-corrected chi connectivity index (χ1v) is 6.86. The van der Waals surface area contributed by atoms with E-state index in [1.807, 2.05) is 0 Å². The molecule has 0 aliphatic heterocycles. The Hall–Kier alpha value is -3.09. The monoisotopic (exact) mass is 313 g/mol. The van der Waals surface area contributed by atoms with E-state index >= 15 is 0 Å². The highest BCUT2D eigenvalue weighted by Gasteiger charge is 2.22. The number of aromatic amines is 1. The van der Waals surface area contributed by atoms with E-state index in [1.165, 1.54) is 24.9 Å². The van der Waals surface area contributed by atoms with Crippen molar-refractivity contribution >= 4 is 11.6 Å². The summed E-state index contributed by atoms with van der Waals surface area (Å²) >= 11 is 0. The third kappa shape index (κ3) is 3.23. The van der Waals surface area contributed by atoms with Gasteiger partial charge < -0.3 is 4.42 Å². The lowest BCUT2D eigenvalue weighted by Crippen LogP contribution is -2.18. The molecule has 2 heterocycles. The van der Waals surface area contributed by atoms with Crippen molar-refractivity contribution in [3.05, 3.63) is 71.5 Å². The highest BCUT2D eigenvalue weighted by molar-refractivity contribution is 6.43. The first-order chi connectivity index (χ1) is 11.1. The van der Waals surface area contributed by atoms with Crippen molar-refractivity contribution in [3.63, 3.8) is 0 Å². The molecule has 1 aromatic carbocycles. The van der Waals surface area contributed by atoms with Gasteiger partial charge in [0.1, 0.15) is 12.1 Å². The van der Waals surface area contributed by atoms with Crippen LogP contribution in [0.25, 0.3) is 0 Å². The Morgan fingerprint density at radius 1 is 1.13 bits per heavy atom. The van der Waals surface area contributed by atoms with Crippen molar-refractivity contribution < 1.29 is 18.4 Å². The van der Waals surface area contributed by atoms with Crippen molar-refractivity contribution in [1.82, 2.24) is 15.2 Å². The Morgan fingerprint density at radius 2 is 1.91 bits per heavy atom. The van der Waals surface area contributed by atoms with Crippen LogP contribution in [0.3, 0.4) is 0 Å². The van der Waals surface area contributed by atoms with Gasteiger partial charge in [-0.15, -0.1) is 5.10 Å². The van der Waals surface area contributed by atoms with Crippen LogP contribution in [-0.2, 0) is 17.6 Å². The average molecular weight is 313 g/mol. The number of hydrogen-bond donors (Lipinski definition) is 1. The van der Waals surface area contributed by atoms with Crippen molar-refractivity contribution in [3.8, 4) is 0 Å². The third-order valence-corrected chi connectivity index (χ3v) is 3.39. The average Bonchev–Trinajstić information content (AvgIpc) is 3.21. The van der Waals surface area contributed by atoms with Crippen LogP contribution in [0.15, 0.2) is 47.5 Å². The number of hydrogen-bond acceptors (Lipinski definition) is 5. The molecular weight excluding hydrogens is 301 g/mol. The Morgan fingerprint density at radius 3 is 2.65 bits per heavy atom. The van der Waals surface area contributed by atoms with Gasteiger partial charge in [0, 0.05) is 18.4 Å². The number of nitrogens with one attached hydrogen (secondary N) is 1. The molecule has 3 aromatic rings. The Bertz CT molecular complexity index is 840. The highest BCUT2D eigenvalue weighted by atomic mass is 19.1. The summed E-state index contributed by atoms with van der Waals surface area (Å²) in [4.78, 5) is 27.6. The first-order valence-electron chi connectivity index (χ1n) is 6.86. The van der Waals surface area contributed by atoms with Crippen LogP contribution in [0.5, 0.6) is 0 Å². The van der Waals surface area contributed by atoms with Gasteiger partial charge in [-0.1, -0.05) is 18.2 Å². The summed E-state index contributed by atoms with van der Waals surface area (Å²) < 4.78 is 18.8. The molecule has 6 nitrogen and oxygen atoms in total. The predicted molar refractivity (Wildman–Crippen MR) is 77.3 cm³/mol. The third-order valence-electron chi connectivity index (χ3n) is 3.39. The quantitative estimate of drug-likeness (QED) is 0.556. The van der Waals surface area contributed by atoms with Gasteiger partial charge in [0.25, 0.3) is 5.78 Å². The van der Waals surface area contributed by atoms with E-state index in [0.717, 1.165) is 0 Å². The van der Waals surface area contributed by atoms with E-state index in [0.29, 0.717) is 16.7 Å². The fourth-order valence-electron chi connectivity index (χ4n) is 2.20. The molecule has 116 valence electrons. The number of furan rings is 1. The zero-order valence-corrected chi connectivity index (χ0v) is 12.0. The predicted octanol–water partition coefficient (Wildman–Crippen LogP) is 2.12. The maximum Gasteiger partial charge on any atom is 0.267 e. The molecule has 23 heavy (non-hydrogen) atoms. The van der Waals surface area contributed by atoms with Gasteiger partial charge in [0.05, 0.1) is 12.5 Å². The molecule has 3 rings (SSSR count). The Kier molecular flexibility index (Phi) is 4.09.